The third kappa shape index (κ3) is 1.99. The molecule has 3 rings (SSSR count). The van der Waals surface area contributed by atoms with E-state index in [2.05, 4.69) is 20.3 Å². The second-order valence-corrected chi connectivity index (χ2v) is 4.42. The van der Waals surface area contributed by atoms with Gasteiger partial charge in [-0.2, -0.15) is 0 Å². The summed E-state index contributed by atoms with van der Waals surface area (Å²) in [7, 11) is 1.89. The number of imidazole rings is 1. The van der Waals surface area contributed by atoms with Crippen molar-refractivity contribution in [1.82, 2.24) is 15.0 Å². The van der Waals surface area contributed by atoms with E-state index in [-0.39, 0.29) is 5.69 Å². The lowest BCUT2D eigenvalue weighted by atomic mass is 10.0. The van der Waals surface area contributed by atoms with Crippen LogP contribution in [0.25, 0.3) is 22.3 Å². The van der Waals surface area contributed by atoms with Crippen LogP contribution < -0.4 is 11.0 Å². The zero-order valence-corrected chi connectivity index (χ0v) is 10.7. The molecule has 0 amide bonds. The fourth-order valence-corrected chi connectivity index (χ4v) is 2.17. The number of benzene rings is 1. The quantitative estimate of drug-likeness (QED) is 0.656. The van der Waals surface area contributed by atoms with Gasteiger partial charge in [0.25, 0.3) is 0 Å². The highest BCUT2D eigenvalue weighted by molar-refractivity contribution is 5.80. The Kier molecular flexibility index (Phi) is 2.59. The summed E-state index contributed by atoms with van der Waals surface area (Å²) in [4.78, 5) is 21.1. The standard InChI is InChI=1S/C14H14N4O/c1-8-11(9-3-5-10(15-2)6-4-9)7-12-13(16-8)18-14(19)17-12/h3-7,15H,1-2H3,(H2,16,17,18,19). The normalized spacial score (nSPS) is 10.8. The van der Waals surface area contributed by atoms with Crippen LogP contribution in [0.3, 0.4) is 0 Å². The zero-order valence-electron chi connectivity index (χ0n) is 10.7. The van der Waals surface area contributed by atoms with Crippen molar-refractivity contribution in [2.75, 3.05) is 12.4 Å². The molecule has 0 atom stereocenters. The van der Waals surface area contributed by atoms with Crippen molar-refractivity contribution in [2.45, 2.75) is 6.92 Å². The van der Waals surface area contributed by atoms with Crippen LogP contribution in [0.5, 0.6) is 0 Å². The number of aromatic nitrogens is 3. The van der Waals surface area contributed by atoms with E-state index in [9.17, 15) is 4.79 Å². The molecule has 2 aromatic heterocycles. The van der Waals surface area contributed by atoms with Crippen molar-refractivity contribution in [1.29, 1.82) is 0 Å². The van der Waals surface area contributed by atoms with E-state index in [0.29, 0.717) is 5.65 Å². The summed E-state index contributed by atoms with van der Waals surface area (Å²) in [5, 5.41) is 3.09. The lowest BCUT2D eigenvalue weighted by molar-refractivity contribution is 1.18. The monoisotopic (exact) mass is 254 g/mol. The van der Waals surface area contributed by atoms with Gasteiger partial charge >= 0.3 is 5.69 Å². The summed E-state index contributed by atoms with van der Waals surface area (Å²) >= 11 is 0. The predicted molar refractivity (Wildman–Crippen MR) is 76.4 cm³/mol. The molecule has 0 saturated carbocycles. The van der Waals surface area contributed by atoms with E-state index < -0.39 is 0 Å². The molecule has 5 nitrogen and oxygen atoms in total. The van der Waals surface area contributed by atoms with Crippen LogP contribution >= 0.6 is 0 Å². The lowest BCUT2D eigenvalue weighted by Crippen LogP contribution is -1.99. The van der Waals surface area contributed by atoms with Crippen LogP contribution in [0.4, 0.5) is 5.69 Å². The Morgan fingerprint density at radius 1 is 1.16 bits per heavy atom. The smallest absolute Gasteiger partial charge is 0.325 e. The summed E-state index contributed by atoms with van der Waals surface area (Å²) in [5.74, 6) is 0. The number of aryl methyl sites for hydroxylation is 1. The number of pyridine rings is 1. The summed E-state index contributed by atoms with van der Waals surface area (Å²) in [6, 6.07) is 10.0. The first kappa shape index (κ1) is 11.5. The van der Waals surface area contributed by atoms with Crippen LogP contribution in [0, 0.1) is 6.92 Å². The Hall–Kier alpha value is -2.56. The number of hydrogen-bond donors (Lipinski definition) is 3. The first-order valence-corrected chi connectivity index (χ1v) is 6.05. The minimum Gasteiger partial charge on any atom is -0.388 e. The Labute approximate surface area is 109 Å². The molecular weight excluding hydrogens is 240 g/mol. The Morgan fingerprint density at radius 3 is 2.58 bits per heavy atom. The van der Waals surface area contributed by atoms with Gasteiger partial charge in [-0.05, 0) is 30.7 Å². The van der Waals surface area contributed by atoms with Crippen molar-refractivity contribution >= 4 is 16.9 Å². The van der Waals surface area contributed by atoms with Crippen molar-refractivity contribution in [3.8, 4) is 11.1 Å². The molecule has 0 unspecified atom stereocenters. The molecule has 0 aliphatic rings. The van der Waals surface area contributed by atoms with Gasteiger partial charge in [0.2, 0.25) is 0 Å². The Bertz CT molecular complexity index is 783. The first-order chi connectivity index (χ1) is 9.17. The molecule has 0 bridgehead atoms. The van der Waals surface area contributed by atoms with E-state index >= 15 is 0 Å². The topological polar surface area (TPSA) is 73.6 Å². The van der Waals surface area contributed by atoms with Gasteiger partial charge in [-0.1, -0.05) is 12.1 Å². The third-order valence-electron chi connectivity index (χ3n) is 3.18. The van der Waals surface area contributed by atoms with Crippen molar-refractivity contribution in [3.05, 3.63) is 46.5 Å². The van der Waals surface area contributed by atoms with Gasteiger partial charge in [0.15, 0.2) is 5.65 Å². The molecule has 19 heavy (non-hydrogen) atoms. The van der Waals surface area contributed by atoms with Gasteiger partial charge < -0.3 is 10.3 Å². The average molecular weight is 254 g/mol. The van der Waals surface area contributed by atoms with Gasteiger partial charge in [-0.3, -0.25) is 4.98 Å². The van der Waals surface area contributed by atoms with Crippen molar-refractivity contribution < 1.29 is 0 Å². The predicted octanol–water partition coefficient (Wildman–Crippen LogP) is 2.27. The van der Waals surface area contributed by atoms with E-state index in [1.165, 1.54) is 0 Å². The molecule has 3 N–H and O–H groups in total. The fraction of sp³-hybridized carbons (Fsp3) is 0.143. The Balaban J connectivity index is 2.17. The molecule has 0 fully saturated rings. The molecule has 0 saturated heterocycles. The van der Waals surface area contributed by atoms with Gasteiger partial charge in [-0.15, -0.1) is 0 Å². The molecule has 3 aromatic rings. The maximum absolute atomic E-state index is 11.3. The lowest BCUT2D eigenvalue weighted by Gasteiger charge is -2.07. The fourth-order valence-electron chi connectivity index (χ4n) is 2.17. The number of aromatic amines is 2. The molecule has 0 aliphatic carbocycles. The molecular formula is C14H14N4O. The van der Waals surface area contributed by atoms with Gasteiger partial charge in [-0.25, -0.2) is 9.78 Å². The maximum atomic E-state index is 11.3. The summed E-state index contributed by atoms with van der Waals surface area (Å²) < 4.78 is 0. The van der Waals surface area contributed by atoms with Crippen LogP contribution in [-0.4, -0.2) is 22.0 Å². The first-order valence-electron chi connectivity index (χ1n) is 6.05. The molecule has 0 spiro atoms. The highest BCUT2D eigenvalue weighted by Gasteiger charge is 2.07. The second-order valence-electron chi connectivity index (χ2n) is 4.42. The van der Waals surface area contributed by atoms with Crippen LogP contribution in [0.1, 0.15) is 5.69 Å². The average Bonchev–Trinajstić information content (AvgIpc) is 2.77. The number of hydrogen-bond acceptors (Lipinski definition) is 3. The number of H-pyrrole nitrogens is 2. The van der Waals surface area contributed by atoms with Crippen LogP contribution in [-0.2, 0) is 0 Å². The van der Waals surface area contributed by atoms with Crippen LogP contribution in [0.2, 0.25) is 0 Å². The summed E-state index contributed by atoms with van der Waals surface area (Å²) in [5.41, 5.74) is 5.13. The molecule has 1 aromatic carbocycles. The highest BCUT2D eigenvalue weighted by Crippen LogP contribution is 2.25. The number of nitrogens with one attached hydrogen (secondary N) is 3. The SMILES string of the molecule is CNc1ccc(-c2cc3[nH]c(=O)[nH]c3nc2C)cc1. The molecule has 96 valence electrons. The number of nitrogens with zero attached hydrogens (tertiary/aromatic N) is 1. The van der Waals surface area contributed by atoms with Gasteiger partial charge in [0.05, 0.1) is 5.52 Å². The van der Waals surface area contributed by atoms with Gasteiger partial charge in [0, 0.05) is 24.0 Å². The van der Waals surface area contributed by atoms with Crippen LogP contribution in [0.15, 0.2) is 35.1 Å². The van der Waals surface area contributed by atoms with E-state index in [1.807, 2.05) is 44.3 Å². The van der Waals surface area contributed by atoms with Crippen molar-refractivity contribution in [2.24, 2.45) is 0 Å². The van der Waals surface area contributed by atoms with E-state index in [4.69, 9.17) is 0 Å². The summed E-state index contributed by atoms with van der Waals surface area (Å²) in [6.45, 7) is 1.94. The van der Waals surface area contributed by atoms with Crippen molar-refractivity contribution in [3.63, 3.8) is 0 Å². The number of fused-ring (bicyclic) bond motifs is 1. The molecule has 0 radical (unpaired) electrons. The van der Waals surface area contributed by atoms with E-state index in [0.717, 1.165) is 28.0 Å². The zero-order chi connectivity index (χ0) is 13.4. The molecule has 2 heterocycles. The third-order valence-corrected chi connectivity index (χ3v) is 3.18. The minimum absolute atomic E-state index is 0.232. The second kappa shape index (κ2) is 4.28. The molecule has 5 heteroatoms. The highest BCUT2D eigenvalue weighted by atomic mass is 16.1. The minimum atomic E-state index is -0.232. The Morgan fingerprint density at radius 2 is 1.89 bits per heavy atom. The molecule has 0 aliphatic heterocycles. The largest absolute Gasteiger partial charge is 0.388 e. The maximum Gasteiger partial charge on any atom is 0.325 e. The van der Waals surface area contributed by atoms with E-state index in [1.54, 1.807) is 0 Å². The number of rotatable bonds is 2. The summed E-state index contributed by atoms with van der Waals surface area (Å²) in [6.07, 6.45) is 0. The van der Waals surface area contributed by atoms with Gasteiger partial charge in [0.1, 0.15) is 0 Å². The number of anilines is 1.